The van der Waals surface area contributed by atoms with E-state index in [0.29, 0.717) is 0 Å². The fraction of sp³-hybridized carbons (Fsp3) is 1.00. The van der Waals surface area contributed by atoms with Crippen molar-refractivity contribution in [3.05, 3.63) is 0 Å². The van der Waals surface area contributed by atoms with Gasteiger partial charge < -0.3 is 0 Å². The Morgan fingerprint density at radius 1 is 1.50 bits per heavy atom. The zero-order valence-electron chi connectivity index (χ0n) is 4.30. The van der Waals surface area contributed by atoms with Gasteiger partial charge in [-0.05, 0) is 0 Å². The topological polar surface area (TPSA) is 0 Å². The van der Waals surface area contributed by atoms with Crippen LogP contribution in [0.15, 0.2) is 0 Å². The van der Waals surface area contributed by atoms with Gasteiger partial charge in [-0.1, -0.05) is 6.92 Å². The Hall–Kier alpha value is 0.657. The molecule has 0 aromatic rings. The highest BCUT2D eigenvalue weighted by molar-refractivity contribution is 7.34. The van der Waals surface area contributed by atoms with Crippen LogP contribution in [0.1, 0.15) is 13.3 Å². The van der Waals surface area contributed by atoms with Crippen molar-refractivity contribution in [1.82, 2.24) is 0 Å². The largest absolute Gasteiger partial charge is 0.312 e. The van der Waals surface area contributed by atoms with Crippen molar-refractivity contribution in [3.63, 3.8) is 0 Å². The summed E-state index contributed by atoms with van der Waals surface area (Å²) < 4.78 is 24.1. The molecule has 0 heterocycles. The Morgan fingerprint density at radius 2 is 1.88 bits per heavy atom. The van der Waals surface area contributed by atoms with Gasteiger partial charge in [-0.2, -0.15) is 0 Å². The van der Waals surface area contributed by atoms with E-state index in [1.54, 1.807) is 0 Å². The zero-order valence-corrected chi connectivity index (χ0v) is 6.96. The van der Waals surface area contributed by atoms with Gasteiger partial charge in [0.25, 0.3) is 5.55 Å². The lowest BCUT2D eigenvalue weighted by atomic mass is 10.5. The fourth-order valence-corrected chi connectivity index (χ4v) is 1.39. The van der Waals surface area contributed by atoms with Crippen molar-refractivity contribution in [2.24, 2.45) is 0 Å². The monoisotopic (exact) mass is 178 g/mol. The Labute approximate surface area is 57.8 Å². The van der Waals surface area contributed by atoms with Gasteiger partial charge >= 0.3 is 7.42 Å². The van der Waals surface area contributed by atoms with E-state index >= 15 is 0 Å². The molecule has 0 nitrogen and oxygen atoms in total. The highest BCUT2D eigenvalue weighted by atomic mass is 35.7. The minimum absolute atomic E-state index is 0.253. The van der Waals surface area contributed by atoms with Gasteiger partial charge in [0.1, 0.15) is 0 Å². The summed E-state index contributed by atoms with van der Waals surface area (Å²) in [5, 5.41) is 0. The van der Waals surface area contributed by atoms with Crippen molar-refractivity contribution in [2.45, 2.75) is 18.9 Å². The average molecular weight is 179 g/mol. The highest BCUT2D eigenvalue weighted by Crippen LogP contribution is 2.25. The molecule has 0 rings (SSSR count). The Balaban J connectivity index is 3.71. The maximum Gasteiger partial charge on any atom is 0.312 e. The predicted molar refractivity (Wildman–Crippen MR) is 34.1 cm³/mol. The first-order valence-corrected chi connectivity index (χ1v) is 6.23. The predicted octanol–water partition coefficient (Wildman–Crippen LogP) is 2.27. The van der Waals surface area contributed by atoms with E-state index < -0.39 is 13.0 Å². The third-order valence-electron chi connectivity index (χ3n) is 0.791. The van der Waals surface area contributed by atoms with Crippen LogP contribution >= 0.6 is 22.2 Å². The average Bonchev–Trinajstić information content (AvgIpc) is 1.67. The van der Waals surface area contributed by atoms with Gasteiger partial charge in [0.05, 0.1) is 0 Å². The molecule has 0 spiro atoms. The normalized spacial score (nSPS) is 12.8. The summed E-state index contributed by atoms with van der Waals surface area (Å²) in [5.74, 6) is 0. The van der Waals surface area contributed by atoms with Gasteiger partial charge in [-0.15, -0.1) is 22.2 Å². The molecule has 0 saturated heterocycles. The summed E-state index contributed by atoms with van der Waals surface area (Å²) >= 11 is 10.0. The Kier molecular flexibility index (Phi) is 3.23. The van der Waals surface area contributed by atoms with Crippen LogP contribution in [0.4, 0.5) is 8.78 Å². The molecule has 50 valence electrons. The maximum atomic E-state index is 12.1. The first-order chi connectivity index (χ1) is 3.50. The third kappa shape index (κ3) is 2.28. The van der Waals surface area contributed by atoms with E-state index in [4.69, 9.17) is 22.2 Å². The molecule has 0 saturated carbocycles. The lowest BCUT2D eigenvalue weighted by Gasteiger charge is -2.11. The minimum atomic E-state index is -2.79. The van der Waals surface area contributed by atoms with Crippen molar-refractivity contribution < 1.29 is 8.78 Å². The van der Waals surface area contributed by atoms with E-state index in [1.807, 2.05) is 0 Å². The first kappa shape index (κ1) is 8.66. The van der Waals surface area contributed by atoms with Gasteiger partial charge in [-0.3, -0.25) is 0 Å². The molecule has 0 aromatic heterocycles. The summed E-state index contributed by atoms with van der Waals surface area (Å²) in [6.45, 7) is 1.37. The summed E-state index contributed by atoms with van der Waals surface area (Å²) in [4.78, 5) is 0. The number of alkyl halides is 2. The molecular formula is C3H6Cl2F2Si. The lowest BCUT2D eigenvalue weighted by molar-refractivity contribution is 0.0876. The van der Waals surface area contributed by atoms with Crippen molar-refractivity contribution in [1.29, 1.82) is 0 Å². The molecular weight excluding hydrogens is 173 g/mol. The molecule has 0 aliphatic heterocycles. The summed E-state index contributed by atoms with van der Waals surface area (Å²) in [6.07, 6.45) is -0.253. The van der Waals surface area contributed by atoms with Gasteiger partial charge in [-0.25, -0.2) is 8.78 Å². The van der Waals surface area contributed by atoms with Crippen molar-refractivity contribution in [2.75, 3.05) is 0 Å². The molecule has 0 aliphatic carbocycles. The van der Waals surface area contributed by atoms with Crippen LogP contribution in [-0.4, -0.2) is 13.0 Å². The smallest absolute Gasteiger partial charge is 0.209 e. The summed E-state index contributed by atoms with van der Waals surface area (Å²) in [6, 6.07) is 0. The zero-order chi connectivity index (χ0) is 6.78. The Morgan fingerprint density at radius 3 is 1.88 bits per heavy atom. The standard InChI is InChI=1S/C3H6Cl2F2Si/c1-2-3(6,7)8(4)5/h8H,2H2,1H3. The quantitative estimate of drug-likeness (QED) is 0.450. The second-order valence-electron chi connectivity index (χ2n) is 1.42. The second-order valence-corrected chi connectivity index (χ2v) is 6.15. The number of hydrogen-bond donors (Lipinski definition) is 0. The molecule has 0 aliphatic rings. The maximum absolute atomic E-state index is 12.1. The second kappa shape index (κ2) is 2.99. The van der Waals surface area contributed by atoms with Crippen molar-refractivity contribution >= 4 is 29.6 Å². The molecule has 0 atom stereocenters. The van der Waals surface area contributed by atoms with Crippen LogP contribution in [0.5, 0.6) is 0 Å². The SMILES string of the molecule is CCC(F)(F)[SiH](Cl)Cl. The van der Waals surface area contributed by atoms with Crippen LogP contribution in [0, 0.1) is 0 Å². The van der Waals surface area contributed by atoms with Crippen molar-refractivity contribution in [3.8, 4) is 0 Å². The van der Waals surface area contributed by atoms with Crippen LogP contribution in [0.25, 0.3) is 0 Å². The number of rotatable bonds is 2. The molecule has 0 N–H and O–H groups in total. The van der Waals surface area contributed by atoms with Gasteiger partial charge in [0, 0.05) is 6.42 Å². The molecule has 0 unspecified atom stereocenters. The molecule has 8 heavy (non-hydrogen) atoms. The minimum Gasteiger partial charge on any atom is -0.209 e. The molecule has 0 aromatic carbocycles. The van der Waals surface area contributed by atoms with E-state index in [-0.39, 0.29) is 6.42 Å². The van der Waals surface area contributed by atoms with E-state index in [9.17, 15) is 8.78 Å². The first-order valence-electron chi connectivity index (χ1n) is 2.16. The summed E-state index contributed by atoms with van der Waals surface area (Å²) in [7, 11) is -2.77. The van der Waals surface area contributed by atoms with Crippen LogP contribution in [-0.2, 0) is 0 Å². The number of hydrogen-bond acceptors (Lipinski definition) is 0. The lowest BCUT2D eigenvalue weighted by Crippen LogP contribution is -2.27. The van der Waals surface area contributed by atoms with Crippen LogP contribution in [0.2, 0.25) is 0 Å². The van der Waals surface area contributed by atoms with E-state index in [0.717, 1.165) is 0 Å². The highest BCUT2D eigenvalue weighted by Gasteiger charge is 2.36. The van der Waals surface area contributed by atoms with Gasteiger partial charge in [0.15, 0.2) is 0 Å². The molecule has 0 radical (unpaired) electrons. The van der Waals surface area contributed by atoms with Crippen LogP contribution in [0.3, 0.4) is 0 Å². The summed E-state index contributed by atoms with van der Waals surface area (Å²) in [5.41, 5.74) is -2.79. The molecule has 0 amide bonds. The molecule has 5 heteroatoms. The fourth-order valence-electron chi connectivity index (χ4n) is 0.154. The Bertz CT molecular complexity index is 75.7. The van der Waals surface area contributed by atoms with Gasteiger partial charge in [0.2, 0.25) is 0 Å². The number of halogens is 4. The van der Waals surface area contributed by atoms with Crippen LogP contribution < -0.4 is 0 Å². The van der Waals surface area contributed by atoms with E-state index in [1.165, 1.54) is 6.92 Å². The molecule has 0 fully saturated rings. The van der Waals surface area contributed by atoms with E-state index in [2.05, 4.69) is 0 Å². The third-order valence-corrected chi connectivity index (χ3v) is 3.75. The molecule has 0 bridgehead atoms.